The van der Waals surface area contributed by atoms with Gasteiger partial charge in [-0.25, -0.2) is 4.39 Å². The number of amides is 1. The monoisotopic (exact) mass is 250 g/mol. The van der Waals surface area contributed by atoms with Crippen molar-refractivity contribution in [2.24, 2.45) is 11.1 Å². The summed E-state index contributed by atoms with van der Waals surface area (Å²) in [6.45, 7) is 3.09. The van der Waals surface area contributed by atoms with Crippen molar-refractivity contribution in [3.63, 3.8) is 0 Å². The van der Waals surface area contributed by atoms with Gasteiger partial charge in [-0.05, 0) is 55.8 Å². The largest absolute Gasteiger partial charge is 0.351 e. The Hall–Kier alpha value is -1.42. The highest BCUT2D eigenvalue weighted by Gasteiger charge is 2.41. The van der Waals surface area contributed by atoms with Crippen molar-refractivity contribution in [2.45, 2.75) is 26.2 Å². The average molecular weight is 250 g/mol. The van der Waals surface area contributed by atoms with Crippen LogP contribution in [0.5, 0.6) is 0 Å². The predicted octanol–water partition coefficient (Wildman–Crippen LogP) is 1.99. The molecule has 3 nitrogen and oxygen atoms in total. The third-order valence-corrected chi connectivity index (χ3v) is 3.70. The molecule has 4 heteroatoms. The Kier molecular flexibility index (Phi) is 3.66. The van der Waals surface area contributed by atoms with E-state index in [0.29, 0.717) is 18.7 Å². The number of benzene rings is 1. The summed E-state index contributed by atoms with van der Waals surface area (Å²) in [5.41, 5.74) is 6.96. The second-order valence-corrected chi connectivity index (χ2v) is 5.18. The Balaban J connectivity index is 1.98. The first-order chi connectivity index (χ1) is 8.56. The molecule has 0 aliphatic heterocycles. The molecule has 0 radical (unpaired) electrons. The van der Waals surface area contributed by atoms with Crippen molar-refractivity contribution < 1.29 is 9.18 Å². The first-order valence-corrected chi connectivity index (χ1v) is 6.31. The summed E-state index contributed by atoms with van der Waals surface area (Å²) in [7, 11) is 0. The maximum absolute atomic E-state index is 13.1. The molecule has 0 unspecified atom stereocenters. The van der Waals surface area contributed by atoms with E-state index in [9.17, 15) is 9.18 Å². The topological polar surface area (TPSA) is 55.1 Å². The van der Waals surface area contributed by atoms with Gasteiger partial charge in [0.1, 0.15) is 5.82 Å². The van der Waals surface area contributed by atoms with E-state index in [1.165, 1.54) is 12.1 Å². The normalized spacial score (nSPS) is 16.4. The highest BCUT2D eigenvalue weighted by Crippen LogP contribution is 2.47. The van der Waals surface area contributed by atoms with E-state index in [1.54, 1.807) is 13.0 Å². The Morgan fingerprint density at radius 1 is 1.50 bits per heavy atom. The van der Waals surface area contributed by atoms with E-state index < -0.39 is 0 Å². The predicted molar refractivity (Wildman–Crippen MR) is 68.8 cm³/mol. The van der Waals surface area contributed by atoms with Crippen molar-refractivity contribution in [1.82, 2.24) is 5.32 Å². The first kappa shape index (κ1) is 13.0. The van der Waals surface area contributed by atoms with Crippen LogP contribution in [0, 0.1) is 18.2 Å². The molecule has 1 aliphatic carbocycles. The molecule has 1 saturated carbocycles. The van der Waals surface area contributed by atoms with Crippen LogP contribution >= 0.6 is 0 Å². The molecule has 0 aromatic heterocycles. The Bertz CT molecular complexity index is 455. The minimum absolute atomic E-state index is 0.199. The molecule has 1 fully saturated rings. The van der Waals surface area contributed by atoms with Crippen molar-refractivity contribution in [3.05, 3.63) is 35.1 Å². The maximum atomic E-state index is 13.1. The molecular formula is C14H19FN2O. The number of halogens is 1. The number of rotatable bonds is 5. The third-order valence-electron chi connectivity index (χ3n) is 3.70. The zero-order valence-electron chi connectivity index (χ0n) is 10.6. The number of carbonyl (C=O) groups excluding carboxylic acids is 1. The van der Waals surface area contributed by atoms with E-state index in [2.05, 4.69) is 5.32 Å². The van der Waals surface area contributed by atoms with Gasteiger partial charge in [0.05, 0.1) is 0 Å². The number of nitrogens with two attached hydrogens (primary N) is 1. The molecule has 0 heterocycles. The van der Waals surface area contributed by atoms with Crippen molar-refractivity contribution >= 4 is 5.91 Å². The second kappa shape index (κ2) is 5.06. The van der Waals surface area contributed by atoms with Gasteiger partial charge in [0, 0.05) is 12.1 Å². The van der Waals surface area contributed by atoms with E-state index >= 15 is 0 Å². The van der Waals surface area contributed by atoms with Crippen LogP contribution in [0.2, 0.25) is 0 Å². The lowest BCUT2D eigenvalue weighted by atomic mass is 10.0. The summed E-state index contributed by atoms with van der Waals surface area (Å²) in [5.74, 6) is -0.580. The van der Waals surface area contributed by atoms with E-state index in [1.807, 2.05) is 0 Å². The molecule has 1 aromatic carbocycles. The lowest BCUT2D eigenvalue weighted by Gasteiger charge is -2.15. The van der Waals surface area contributed by atoms with Crippen LogP contribution in [-0.4, -0.2) is 19.0 Å². The Morgan fingerprint density at radius 2 is 2.22 bits per heavy atom. The molecule has 2 rings (SSSR count). The summed E-state index contributed by atoms with van der Waals surface area (Å²) in [6, 6.07) is 4.27. The summed E-state index contributed by atoms with van der Waals surface area (Å²) in [6.07, 6.45) is 3.18. The summed E-state index contributed by atoms with van der Waals surface area (Å²) in [4.78, 5) is 12.0. The van der Waals surface area contributed by atoms with Gasteiger partial charge in [0.25, 0.3) is 5.91 Å². The van der Waals surface area contributed by atoms with E-state index in [-0.39, 0.29) is 17.1 Å². The fourth-order valence-electron chi connectivity index (χ4n) is 2.20. The number of hydrogen-bond donors (Lipinski definition) is 2. The summed E-state index contributed by atoms with van der Waals surface area (Å²) >= 11 is 0. The van der Waals surface area contributed by atoms with Crippen LogP contribution in [0.25, 0.3) is 0 Å². The molecule has 0 atom stereocenters. The highest BCUT2D eigenvalue weighted by atomic mass is 19.1. The van der Waals surface area contributed by atoms with Crippen LogP contribution in [-0.2, 0) is 0 Å². The van der Waals surface area contributed by atoms with Crippen LogP contribution < -0.4 is 11.1 Å². The zero-order valence-corrected chi connectivity index (χ0v) is 10.6. The van der Waals surface area contributed by atoms with Crippen LogP contribution in [0.3, 0.4) is 0 Å². The number of carbonyl (C=O) groups is 1. The van der Waals surface area contributed by atoms with Gasteiger partial charge in [-0.1, -0.05) is 6.07 Å². The minimum atomic E-state index is -0.381. The molecule has 1 aliphatic rings. The van der Waals surface area contributed by atoms with Gasteiger partial charge in [0.2, 0.25) is 0 Å². The summed E-state index contributed by atoms with van der Waals surface area (Å²) in [5, 5.41) is 2.89. The van der Waals surface area contributed by atoms with Crippen LogP contribution in [0.1, 0.15) is 35.2 Å². The smallest absolute Gasteiger partial charge is 0.251 e. The molecule has 98 valence electrons. The van der Waals surface area contributed by atoms with Crippen molar-refractivity contribution in [2.75, 3.05) is 13.1 Å². The number of hydrogen-bond acceptors (Lipinski definition) is 2. The van der Waals surface area contributed by atoms with E-state index in [4.69, 9.17) is 5.73 Å². The van der Waals surface area contributed by atoms with Crippen LogP contribution in [0.15, 0.2) is 18.2 Å². The molecule has 0 bridgehead atoms. The molecular weight excluding hydrogens is 231 g/mol. The molecule has 18 heavy (non-hydrogen) atoms. The number of nitrogens with one attached hydrogen (secondary N) is 1. The minimum Gasteiger partial charge on any atom is -0.351 e. The lowest BCUT2D eigenvalue weighted by Crippen LogP contribution is -2.31. The fourth-order valence-corrected chi connectivity index (χ4v) is 2.20. The van der Waals surface area contributed by atoms with Crippen molar-refractivity contribution in [3.8, 4) is 0 Å². The van der Waals surface area contributed by atoms with Gasteiger partial charge < -0.3 is 11.1 Å². The zero-order chi connectivity index (χ0) is 13.2. The van der Waals surface area contributed by atoms with Gasteiger partial charge in [-0.3, -0.25) is 4.79 Å². The molecule has 1 amide bonds. The number of aryl methyl sites for hydroxylation is 1. The maximum Gasteiger partial charge on any atom is 0.251 e. The highest BCUT2D eigenvalue weighted by molar-refractivity contribution is 5.95. The lowest BCUT2D eigenvalue weighted by molar-refractivity contribution is 0.0943. The second-order valence-electron chi connectivity index (χ2n) is 5.18. The molecule has 0 spiro atoms. The quantitative estimate of drug-likeness (QED) is 0.839. The molecule has 0 saturated heterocycles. The molecule has 3 N–H and O–H groups in total. The van der Waals surface area contributed by atoms with E-state index in [0.717, 1.165) is 24.8 Å². The van der Waals surface area contributed by atoms with Gasteiger partial charge >= 0.3 is 0 Å². The Morgan fingerprint density at radius 3 is 2.83 bits per heavy atom. The summed E-state index contributed by atoms with van der Waals surface area (Å²) < 4.78 is 13.1. The molecule has 1 aromatic rings. The SMILES string of the molecule is Cc1ccc(F)cc1C(=O)NCC1(CCN)CC1. The Labute approximate surface area is 107 Å². The van der Waals surface area contributed by atoms with Gasteiger partial charge in [0.15, 0.2) is 0 Å². The van der Waals surface area contributed by atoms with Crippen molar-refractivity contribution in [1.29, 1.82) is 0 Å². The average Bonchev–Trinajstić information content (AvgIpc) is 3.10. The third kappa shape index (κ3) is 2.88. The fraction of sp³-hybridized carbons (Fsp3) is 0.500. The van der Waals surface area contributed by atoms with Gasteiger partial charge in [-0.15, -0.1) is 0 Å². The van der Waals surface area contributed by atoms with Crippen LogP contribution in [0.4, 0.5) is 4.39 Å². The standard InChI is InChI=1S/C14H19FN2O/c1-10-2-3-11(15)8-12(10)13(18)17-9-14(4-5-14)6-7-16/h2-3,8H,4-7,9,16H2,1H3,(H,17,18). The first-order valence-electron chi connectivity index (χ1n) is 6.31. The van der Waals surface area contributed by atoms with Gasteiger partial charge in [-0.2, -0.15) is 0 Å².